The van der Waals surface area contributed by atoms with Gasteiger partial charge in [0.25, 0.3) is 0 Å². The number of halogens is 1. The van der Waals surface area contributed by atoms with Crippen molar-refractivity contribution in [3.05, 3.63) is 28.0 Å². The first-order valence-electron chi connectivity index (χ1n) is 5.62. The molecule has 94 valence electrons. The second-order valence-corrected chi connectivity index (χ2v) is 5.46. The van der Waals surface area contributed by atoms with Crippen LogP contribution in [0.2, 0.25) is 5.28 Å². The number of aromatic nitrogens is 2. The summed E-state index contributed by atoms with van der Waals surface area (Å²) >= 11 is 7.47. The Morgan fingerprint density at radius 1 is 1.44 bits per heavy atom. The molecule has 0 amide bonds. The molecule has 0 spiro atoms. The molecule has 1 aliphatic rings. The summed E-state index contributed by atoms with van der Waals surface area (Å²) in [5.41, 5.74) is 2.81. The van der Waals surface area contributed by atoms with Crippen LogP contribution in [0.15, 0.2) is 12.1 Å². The Balaban J connectivity index is 2.20. The smallest absolute Gasteiger partial charge is 0.223 e. The van der Waals surface area contributed by atoms with Gasteiger partial charge in [-0.05, 0) is 29.7 Å². The Morgan fingerprint density at radius 3 is 3.06 bits per heavy atom. The highest BCUT2D eigenvalue weighted by Crippen LogP contribution is 2.33. The van der Waals surface area contributed by atoms with Crippen LogP contribution in [-0.4, -0.2) is 28.3 Å². The van der Waals surface area contributed by atoms with Gasteiger partial charge in [0.1, 0.15) is 0 Å². The Bertz CT molecular complexity index is 624. The van der Waals surface area contributed by atoms with Crippen molar-refractivity contribution in [2.75, 3.05) is 13.2 Å². The quantitative estimate of drug-likeness (QED) is 0.861. The minimum Gasteiger partial charge on any atom is -0.391 e. The normalized spacial score (nSPS) is 16.0. The Labute approximate surface area is 113 Å². The van der Waals surface area contributed by atoms with Gasteiger partial charge in [-0.2, -0.15) is 0 Å². The van der Waals surface area contributed by atoms with Crippen LogP contribution in [0.3, 0.4) is 0 Å². The van der Waals surface area contributed by atoms with Crippen LogP contribution in [0.5, 0.6) is 0 Å². The summed E-state index contributed by atoms with van der Waals surface area (Å²) in [7, 11) is 0. The van der Waals surface area contributed by atoms with Crippen molar-refractivity contribution in [1.82, 2.24) is 9.97 Å². The van der Waals surface area contributed by atoms with Crippen LogP contribution in [0.4, 0.5) is 0 Å². The maximum Gasteiger partial charge on any atom is 0.223 e. The van der Waals surface area contributed by atoms with Crippen LogP contribution < -0.4 is 0 Å². The molecular weight excluding hydrogens is 272 g/mol. The number of aliphatic hydroxyl groups is 1. The zero-order chi connectivity index (χ0) is 12.5. The second-order valence-electron chi connectivity index (χ2n) is 3.98. The van der Waals surface area contributed by atoms with Gasteiger partial charge in [0.15, 0.2) is 0 Å². The highest BCUT2D eigenvalue weighted by Gasteiger charge is 2.16. The van der Waals surface area contributed by atoms with E-state index in [-0.39, 0.29) is 11.9 Å². The maximum atomic E-state index is 9.20. The molecule has 6 heteroatoms. The molecule has 0 atom stereocenters. The van der Waals surface area contributed by atoms with Crippen molar-refractivity contribution in [2.45, 2.75) is 13.0 Å². The van der Waals surface area contributed by atoms with Crippen molar-refractivity contribution in [3.63, 3.8) is 0 Å². The van der Waals surface area contributed by atoms with E-state index in [9.17, 15) is 5.11 Å². The lowest BCUT2D eigenvalue weighted by atomic mass is 10.1. The average molecular weight is 283 g/mol. The highest BCUT2D eigenvalue weighted by molar-refractivity contribution is 7.19. The molecule has 0 fully saturated rings. The Hall–Kier alpha value is -1.01. The SMILES string of the molecule is OCc1cc2nc(Cl)nc(C3=CCOCC3)c2s1. The van der Waals surface area contributed by atoms with Crippen LogP contribution in [-0.2, 0) is 11.3 Å². The maximum absolute atomic E-state index is 9.20. The van der Waals surface area contributed by atoms with Gasteiger partial charge in [-0.1, -0.05) is 6.08 Å². The lowest BCUT2D eigenvalue weighted by Crippen LogP contribution is -2.05. The molecule has 1 N–H and O–H groups in total. The van der Waals surface area contributed by atoms with Crippen LogP contribution in [0.25, 0.3) is 15.8 Å². The summed E-state index contributed by atoms with van der Waals surface area (Å²) in [5.74, 6) is 0. The van der Waals surface area contributed by atoms with Crippen molar-refractivity contribution in [3.8, 4) is 0 Å². The van der Waals surface area contributed by atoms with Gasteiger partial charge in [-0.3, -0.25) is 0 Å². The predicted molar refractivity (Wildman–Crippen MR) is 71.8 cm³/mol. The molecule has 3 rings (SSSR count). The third kappa shape index (κ3) is 2.14. The van der Waals surface area contributed by atoms with E-state index < -0.39 is 0 Å². The summed E-state index contributed by atoms with van der Waals surface area (Å²) in [5, 5.41) is 9.45. The Morgan fingerprint density at radius 2 is 2.33 bits per heavy atom. The molecule has 0 radical (unpaired) electrons. The minimum atomic E-state index is 0.0141. The number of nitrogens with zero attached hydrogens (tertiary/aromatic N) is 2. The standard InChI is InChI=1S/C12H11ClN2O2S/c13-12-14-9-5-8(6-16)18-11(9)10(15-12)7-1-3-17-4-2-7/h1,5,16H,2-4,6H2. The van der Waals surface area contributed by atoms with Crippen molar-refractivity contribution in [2.24, 2.45) is 0 Å². The number of hydrogen-bond acceptors (Lipinski definition) is 5. The average Bonchev–Trinajstić information content (AvgIpc) is 2.81. The van der Waals surface area contributed by atoms with E-state index in [1.54, 1.807) is 0 Å². The zero-order valence-corrected chi connectivity index (χ0v) is 11.1. The molecule has 0 aromatic carbocycles. The molecule has 0 saturated heterocycles. The van der Waals surface area contributed by atoms with Gasteiger partial charge in [0.2, 0.25) is 5.28 Å². The molecule has 0 unspecified atom stereocenters. The number of hydrogen-bond donors (Lipinski definition) is 1. The molecule has 2 aromatic heterocycles. The molecule has 4 nitrogen and oxygen atoms in total. The monoisotopic (exact) mass is 282 g/mol. The van der Waals surface area contributed by atoms with Gasteiger partial charge in [-0.25, -0.2) is 9.97 Å². The van der Waals surface area contributed by atoms with E-state index in [1.807, 2.05) is 12.1 Å². The molecule has 3 heterocycles. The van der Waals surface area contributed by atoms with E-state index in [4.69, 9.17) is 16.3 Å². The molecule has 2 aromatic rings. The van der Waals surface area contributed by atoms with Crippen LogP contribution >= 0.6 is 22.9 Å². The summed E-state index contributed by atoms with van der Waals surface area (Å²) in [4.78, 5) is 9.40. The van der Waals surface area contributed by atoms with E-state index in [0.29, 0.717) is 13.2 Å². The minimum absolute atomic E-state index is 0.0141. The van der Waals surface area contributed by atoms with Gasteiger partial charge in [0, 0.05) is 4.88 Å². The molecular formula is C12H11ClN2O2S. The zero-order valence-electron chi connectivity index (χ0n) is 9.52. The third-order valence-corrected chi connectivity index (χ3v) is 4.10. The number of ether oxygens (including phenoxy) is 1. The van der Waals surface area contributed by atoms with Gasteiger partial charge in [0.05, 0.1) is 35.7 Å². The third-order valence-electron chi connectivity index (χ3n) is 2.82. The van der Waals surface area contributed by atoms with E-state index in [0.717, 1.165) is 32.8 Å². The molecule has 0 saturated carbocycles. The first kappa shape index (κ1) is 12.0. The first-order chi connectivity index (χ1) is 8.78. The molecule has 18 heavy (non-hydrogen) atoms. The van der Waals surface area contributed by atoms with E-state index in [2.05, 4.69) is 9.97 Å². The summed E-state index contributed by atoms with van der Waals surface area (Å²) in [6.07, 6.45) is 2.86. The summed E-state index contributed by atoms with van der Waals surface area (Å²) in [6.45, 7) is 1.32. The molecule has 0 bridgehead atoms. The topological polar surface area (TPSA) is 55.2 Å². The lowest BCUT2D eigenvalue weighted by molar-refractivity contribution is 0.161. The lowest BCUT2D eigenvalue weighted by Gasteiger charge is -2.13. The summed E-state index contributed by atoms with van der Waals surface area (Å²) in [6, 6.07) is 1.86. The van der Waals surface area contributed by atoms with Crippen LogP contribution in [0, 0.1) is 0 Å². The number of rotatable bonds is 2. The van der Waals surface area contributed by atoms with Gasteiger partial charge in [-0.15, -0.1) is 11.3 Å². The number of fused-ring (bicyclic) bond motifs is 1. The van der Waals surface area contributed by atoms with Gasteiger partial charge < -0.3 is 9.84 Å². The fourth-order valence-electron chi connectivity index (χ4n) is 1.99. The van der Waals surface area contributed by atoms with E-state index in [1.165, 1.54) is 11.3 Å². The predicted octanol–water partition coefficient (Wildman–Crippen LogP) is 2.64. The van der Waals surface area contributed by atoms with Gasteiger partial charge >= 0.3 is 0 Å². The van der Waals surface area contributed by atoms with E-state index >= 15 is 0 Å². The van der Waals surface area contributed by atoms with Crippen molar-refractivity contribution >= 4 is 38.7 Å². The first-order valence-corrected chi connectivity index (χ1v) is 6.81. The fraction of sp³-hybridized carbons (Fsp3) is 0.333. The number of thiophene rings is 1. The van der Waals surface area contributed by atoms with Crippen molar-refractivity contribution in [1.29, 1.82) is 0 Å². The fourth-order valence-corrected chi connectivity index (χ4v) is 3.14. The highest BCUT2D eigenvalue weighted by atomic mass is 35.5. The molecule has 0 aliphatic carbocycles. The Kier molecular flexibility index (Phi) is 3.30. The molecule has 1 aliphatic heterocycles. The van der Waals surface area contributed by atoms with Crippen LogP contribution in [0.1, 0.15) is 17.0 Å². The van der Waals surface area contributed by atoms with Crippen molar-refractivity contribution < 1.29 is 9.84 Å². The largest absolute Gasteiger partial charge is 0.391 e. The second kappa shape index (κ2) is 4.93. The summed E-state index contributed by atoms with van der Waals surface area (Å²) < 4.78 is 6.28. The number of aliphatic hydroxyl groups excluding tert-OH is 1.